The summed E-state index contributed by atoms with van der Waals surface area (Å²) in [6, 6.07) is 1.77. The van der Waals surface area contributed by atoms with E-state index in [1.54, 1.807) is 30.3 Å². The van der Waals surface area contributed by atoms with E-state index in [-0.39, 0.29) is 11.7 Å². The molecule has 108 valence electrons. The van der Waals surface area contributed by atoms with Gasteiger partial charge in [0.25, 0.3) is 0 Å². The highest BCUT2D eigenvalue weighted by atomic mass is 16.4. The molecular weight excluding hydrogens is 260 g/mol. The predicted octanol–water partition coefficient (Wildman–Crippen LogP) is -0.492. The second kappa shape index (κ2) is 6.18. The maximum absolute atomic E-state index is 12.1. The first kappa shape index (κ1) is 14.0. The van der Waals surface area contributed by atoms with Gasteiger partial charge in [-0.15, -0.1) is 0 Å². The summed E-state index contributed by atoms with van der Waals surface area (Å²) in [6.45, 7) is 4.10. The molecule has 1 aliphatic rings. The smallest absolute Gasteiger partial charge is 0.233 e. The van der Waals surface area contributed by atoms with Crippen LogP contribution in [0.1, 0.15) is 6.92 Å². The van der Waals surface area contributed by atoms with Crippen LogP contribution in [0.15, 0.2) is 23.6 Å². The Bertz CT molecular complexity index is 484. The van der Waals surface area contributed by atoms with Gasteiger partial charge in [0.05, 0.1) is 5.92 Å². The number of oxime groups is 1. The lowest BCUT2D eigenvalue weighted by atomic mass is 10.1. The first-order valence-corrected chi connectivity index (χ1v) is 6.41. The fourth-order valence-corrected chi connectivity index (χ4v) is 2.07. The van der Waals surface area contributed by atoms with E-state index in [4.69, 9.17) is 10.9 Å². The van der Waals surface area contributed by atoms with Crippen LogP contribution in [0.25, 0.3) is 0 Å². The van der Waals surface area contributed by atoms with E-state index < -0.39 is 5.92 Å². The number of amidine groups is 1. The van der Waals surface area contributed by atoms with Crippen molar-refractivity contribution >= 4 is 17.7 Å². The molecule has 2 rings (SSSR count). The van der Waals surface area contributed by atoms with Crippen LogP contribution >= 0.6 is 0 Å². The predicted molar refractivity (Wildman–Crippen MR) is 73.4 cm³/mol. The number of amides is 1. The van der Waals surface area contributed by atoms with Gasteiger partial charge in [-0.1, -0.05) is 5.16 Å². The van der Waals surface area contributed by atoms with E-state index in [0.717, 1.165) is 0 Å². The van der Waals surface area contributed by atoms with Crippen molar-refractivity contribution in [2.45, 2.75) is 6.92 Å². The lowest BCUT2D eigenvalue weighted by molar-refractivity contribution is -0.133. The fraction of sp³-hybridized carbons (Fsp3) is 0.500. The molecule has 1 atom stereocenters. The molecule has 1 amide bonds. The number of hydrogen-bond donors (Lipinski definition) is 2. The van der Waals surface area contributed by atoms with Crippen LogP contribution in [0, 0.1) is 5.92 Å². The Morgan fingerprint density at radius 3 is 2.50 bits per heavy atom. The van der Waals surface area contributed by atoms with Gasteiger partial charge in [0.2, 0.25) is 11.9 Å². The lowest BCUT2D eigenvalue weighted by Crippen LogP contribution is -2.52. The van der Waals surface area contributed by atoms with Crippen molar-refractivity contribution in [3.63, 3.8) is 0 Å². The molecule has 20 heavy (non-hydrogen) atoms. The molecule has 1 aromatic rings. The molecule has 8 nitrogen and oxygen atoms in total. The Kier molecular flexibility index (Phi) is 4.34. The molecule has 8 heteroatoms. The molecule has 1 aliphatic heterocycles. The first-order valence-electron chi connectivity index (χ1n) is 6.41. The lowest BCUT2D eigenvalue weighted by Gasteiger charge is -2.35. The molecule has 1 unspecified atom stereocenters. The van der Waals surface area contributed by atoms with Crippen LogP contribution in [0.5, 0.6) is 0 Å². The Labute approximate surface area is 116 Å². The zero-order valence-corrected chi connectivity index (χ0v) is 11.3. The number of rotatable bonds is 3. The van der Waals surface area contributed by atoms with Crippen molar-refractivity contribution in [2.75, 3.05) is 31.1 Å². The normalized spacial score (nSPS) is 17.9. The zero-order chi connectivity index (χ0) is 14.5. The number of hydrogen-bond acceptors (Lipinski definition) is 6. The van der Waals surface area contributed by atoms with Gasteiger partial charge in [-0.05, 0) is 13.0 Å². The van der Waals surface area contributed by atoms with Gasteiger partial charge < -0.3 is 20.7 Å². The third kappa shape index (κ3) is 2.95. The molecule has 0 saturated carbocycles. The van der Waals surface area contributed by atoms with Gasteiger partial charge >= 0.3 is 0 Å². The van der Waals surface area contributed by atoms with E-state index >= 15 is 0 Å². The number of anilines is 1. The van der Waals surface area contributed by atoms with Crippen molar-refractivity contribution in [1.82, 2.24) is 14.9 Å². The number of aromatic nitrogens is 2. The summed E-state index contributed by atoms with van der Waals surface area (Å²) in [5.41, 5.74) is 5.46. The molecule has 2 heterocycles. The van der Waals surface area contributed by atoms with Crippen molar-refractivity contribution in [3.05, 3.63) is 18.5 Å². The average molecular weight is 278 g/mol. The Hall–Kier alpha value is -2.38. The highest BCUT2D eigenvalue weighted by molar-refractivity contribution is 6.01. The largest absolute Gasteiger partial charge is 0.409 e. The van der Waals surface area contributed by atoms with Crippen molar-refractivity contribution in [2.24, 2.45) is 16.8 Å². The highest BCUT2D eigenvalue weighted by Crippen LogP contribution is 2.12. The first-order chi connectivity index (χ1) is 9.63. The van der Waals surface area contributed by atoms with Gasteiger partial charge in [0.15, 0.2) is 5.84 Å². The van der Waals surface area contributed by atoms with Crippen LogP contribution < -0.4 is 10.6 Å². The maximum Gasteiger partial charge on any atom is 0.233 e. The van der Waals surface area contributed by atoms with Crippen LogP contribution in [-0.2, 0) is 4.79 Å². The van der Waals surface area contributed by atoms with Crippen molar-refractivity contribution in [1.29, 1.82) is 0 Å². The summed E-state index contributed by atoms with van der Waals surface area (Å²) in [6.07, 6.45) is 3.39. The third-order valence-electron chi connectivity index (χ3n) is 3.36. The maximum atomic E-state index is 12.1. The molecule has 0 spiro atoms. The quantitative estimate of drug-likeness (QED) is 0.334. The van der Waals surface area contributed by atoms with E-state index in [1.165, 1.54) is 0 Å². The Morgan fingerprint density at radius 1 is 1.35 bits per heavy atom. The molecule has 0 radical (unpaired) electrons. The summed E-state index contributed by atoms with van der Waals surface area (Å²) in [4.78, 5) is 24.3. The monoisotopic (exact) mass is 278 g/mol. The molecular formula is C12H18N6O2. The SMILES string of the molecule is CC(C(=O)N1CCN(c2ncccn2)CC1)C(N)=NO. The minimum absolute atomic E-state index is 0.0659. The highest BCUT2D eigenvalue weighted by Gasteiger charge is 2.27. The van der Waals surface area contributed by atoms with Crippen molar-refractivity contribution < 1.29 is 10.0 Å². The standard InChI is InChI=1S/C12H18N6O2/c1-9(10(13)16-20)11(19)17-5-7-18(8-6-17)12-14-3-2-4-15-12/h2-4,9,20H,5-8H2,1H3,(H2,13,16). The van der Waals surface area contributed by atoms with E-state index in [1.807, 2.05) is 4.90 Å². The minimum atomic E-state index is -0.612. The average Bonchev–Trinajstić information content (AvgIpc) is 2.53. The summed E-state index contributed by atoms with van der Waals surface area (Å²) in [7, 11) is 0. The summed E-state index contributed by atoms with van der Waals surface area (Å²) in [5.74, 6) is -0.138. The molecule has 1 fully saturated rings. The van der Waals surface area contributed by atoms with E-state index in [9.17, 15) is 4.79 Å². The van der Waals surface area contributed by atoms with Crippen molar-refractivity contribution in [3.8, 4) is 0 Å². The van der Waals surface area contributed by atoms with Crippen LogP contribution in [-0.4, -0.2) is 58.0 Å². The number of carbonyl (C=O) groups is 1. The third-order valence-corrected chi connectivity index (χ3v) is 3.36. The van der Waals surface area contributed by atoms with E-state index in [2.05, 4.69) is 15.1 Å². The van der Waals surface area contributed by atoms with Gasteiger partial charge in [0.1, 0.15) is 0 Å². The van der Waals surface area contributed by atoms with Gasteiger partial charge in [-0.25, -0.2) is 9.97 Å². The number of nitrogens with two attached hydrogens (primary N) is 1. The summed E-state index contributed by atoms with van der Waals surface area (Å²) in [5, 5.41) is 11.5. The van der Waals surface area contributed by atoms with Gasteiger partial charge in [-0.2, -0.15) is 0 Å². The van der Waals surface area contributed by atoms with Crippen LogP contribution in [0.2, 0.25) is 0 Å². The molecule has 1 aromatic heterocycles. The zero-order valence-electron chi connectivity index (χ0n) is 11.3. The Morgan fingerprint density at radius 2 is 1.95 bits per heavy atom. The number of piperazine rings is 1. The second-order valence-corrected chi connectivity index (χ2v) is 4.61. The number of carbonyl (C=O) groups excluding carboxylic acids is 1. The Balaban J connectivity index is 1.93. The molecule has 0 aromatic carbocycles. The fourth-order valence-electron chi connectivity index (χ4n) is 2.07. The summed E-state index contributed by atoms with van der Waals surface area (Å²) < 4.78 is 0. The van der Waals surface area contributed by atoms with E-state index in [0.29, 0.717) is 32.1 Å². The van der Waals surface area contributed by atoms with Gasteiger partial charge in [0, 0.05) is 38.6 Å². The van der Waals surface area contributed by atoms with Crippen LogP contribution in [0.3, 0.4) is 0 Å². The molecule has 0 bridgehead atoms. The number of nitrogens with zero attached hydrogens (tertiary/aromatic N) is 5. The molecule has 0 aliphatic carbocycles. The summed E-state index contributed by atoms with van der Waals surface area (Å²) >= 11 is 0. The van der Waals surface area contributed by atoms with Crippen LogP contribution in [0.4, 0.5) is 5.95 Å². The molecule has 3 N–H and O–H groups in total. The topological polar surface area (TPSA) is 108 Å². The second-order valence-electron chi connectivity index (χ2n) is 4.61. The molecule has 1 saturated heterocycles. The minimum Gasteiger partial charge on any atom is -0.409 e. The van der Waals surface area contributed by atoms with Gasteiger partial charge in [-0.3, -0.25) is 4.79 Å².